The summed E-state index contributed by atoms with van der Waals surface area (Å²) in [5, 5.41) is 0. The minimum atomic E-state index is -1.56. The maximum atomic E-state index is 14.5. The molecule has 0 N–H and O–H groups in total. The van der Waals surface area contributed by atoms with E-state index in [0.29, 0.717) is 16.7 Å². The molecular weight excluding hydrogens is 486 g/mol. The monoisotopic (exact) mass is 512 g/mol. The molecule has 0 unspecified atom stereocenters. The van der Waals surface area contributed by atoms with Gasteiger partial charge in [-0.3, -0.25) is 4.79 Å². The predicted molar refractivity (Wildman–Crippen MR) is 130 cm³/mol. The number of hydrogen-bond donors (Lipinski definition) is 0. The number of ether oxygens (including phenoxy) is 4. The van der Waals surface area contributed by atoms with Crippen molar-refractivity contribution >= 4 is 17.9 Å². The van der Waals surface area contributed by atoms with Gasteiger partial charge < -0.3 is 18.9 Å². The number of benzene rings is 3. The average Bonchev–Trinajstić information content (AvgIpc) is 2.82. The van der Waals surface area contributed by atoms with Crippen LogP contribution in [0.25, 0.3) is 11.1 Å². The van der Waals surface area contributed by atoms with E-state index in [-0.39, 0.29) is 24.3 Å². The summed E-state index contributed by atoms with van der Waals surface area (Å²) in [6.07, 6.45) is -1.11. The molecule has 37 heavy (non-hydrogen) atoms. The van der Waals surface area contributed by atoms with Gasteiger partial charge in [0, 0.05) is 20.3 Å². The molecule has 0 aliphatic rings. The first-order chi connectivity index (χ1) is 17.6. The molecule has 0 spiro atoms. The van der Waals surface area contributed by atoms with Gasteiger partial charge >= 0.3 is 12.1 Å². The van der Waals surface area contributed by atoms with Gasteiger partial charge in [0.15, 0.2) is 12.4 Å². The van der Waals surface area contributed by atoms with Crippen molar-refractivity contribution in [2.24, 2.45) is 0 Å². The van der Waals surface area contributed by atoms with Crippen molar-refractivity contribution in [3.05, 3.63) is 89.5 Å². The molecule has 7 nitrogen and oxygen atoms in total. The summed E-state index contributed by atoms with van der Waals surface area (Å²) < 4.78 is 48.1. The highest BCUT2D eigenvalue weighted by Crippen LogP contribution is 2.24. The summed E-state index contributed by atoms with van der Waals surface area (Å²) in [5.74, 6) is -3.69. The Balaban J connectivity index is 1.63. The Bertz CT molecular complexity index is 1290. The van der Waals surface area contributed by atoms with E-state index < -0.39 is 41.9 Å². The summed E-state index contributed by atoms with van der Waals surface area (Å²) in [6.45, 7) is 3.97. The highest BCUT2D eigenvalue weighted by atomic mass is 19.1. The minimum Gasteiger partial charge on any atom is -0.482 e. The second-order valence-corrected chi connectivity index (χ2v) is 8.40. The first kappa shape index (κ1) is 27.3. The Kier molecular flexibility index (Phi) is 8.95. The van der Waals surface area contributed by atoms with Crippen LogP contribution < -0.4 is 4.74 Å². The van der Waals surface area contributed by atoms with Gasteiger partial charge in [0.2, 0.25) is 0 Å². The number of carbonyl (C=O) groups excluding carboxylic acids is 3. The summed E-state index contributed by atoms with van der Waals surface area (Å²) in [6, 6.07) is 16.2. The summed E-state index contributed by atoms with van der Waals surface area (Å²) in [4.78, 5) is 36.4. The zero-order valence-corrected chi connectivity index (χ0v) is 20.6. The van der Waals surface area contributed by atoms with Crippen LogP contribution in [0.15, 0.2) is 66.7 Å². The highest BCUT2D eigenvalue weighted by Gasteiger charge is 2.28. The molecule has 3 aromatic rings. The number of carbonyl (C=O) groups is 3. The third kappa shape index (κ3) is 8.13. The fourth-order valence-electron chi connectivity index (χ4n) is 3.43. The van der Waals surface area contributed by atoms with Crippen LogP contribution in [0.1, 0.15) is 36.7 Å². The Hall–Kier alpha value is -4.27. The van der Waals surface area contributed by atoms with Crippen LogP contribution in [0.5, 0.6) is 5.75 Å². The molecule has 0 aromatic heterocycles. The highest BCUT2D eigenvalue weighted by molar-refractivity contribution is 5.98. The molecule has 9 heteroatoms. The van der Waals surface area contributed by atoms with E-state index in [2.05, 4.69) is 4.74 Å². The van der Waals surface area contributed by atoms with Gasteiger partial charge in [-0.1, -0.05) is 30.3 Å². The normalized spacial score (nSPS) is 10.9. The number of Topliss-reactive ketones (excluding diaryl/α,β-unsaturated/α-hetero) is 1. The molecule has 0 heterocycles. The Morgan fingerprint density at radius 2 is 1.59 bits per heavy atom. The van der Waals surface area contributed by atoms with Crippen LogP contribution in [0.4, 0.5) is 13.6 Å². The van der Waals surface area contributed by atoms with Gasteiger partial charge in [0.05, 0.1) is 12.2 Å². The van der Waals surface area contributed by atoms with Crippen LogP contribution in [-0.4, -0.2) is 36.9 Å². The lowest BCUT2D eigenvalue weighted by Gasteiger charge is -2.24. The minimum absolute atomic E-state index is 0.107. The molecular formula is C28H26F2O7. The second kappa shape index (κ2) is 12.1. The first-order valence-corrected chi connectivity index (χ1v) is 11.4. The zero-order chi connectivity index (χ0) is 27.0. The van der Waals surface area contributed by atoms with Crippen molar-refractivity contribution in [3.8, 4) is 16.9 Å². The van der Waals surface area contributed by atoms with Gasteiger partial charge in [-0.05, 0) is 60.0 Å². The summed E-state index contributed by atoms with van der Waals surface area (Å²) in [7, 11) is 0. The van der Waals surface area contributed by atoms with Crippen molar-refractivity contribution in [2.75, 3.05) is 13.2 Å². The van der Waals surface area contributed by atoms with E-state index in [4.69, 9.17) is 14.2 Å². The summed E-state index contributed by atoms with van der Waals surface area (Å²) >= 11 is 0. The molecule has 0 radical (unpaired) electrons. The quantitative estimate of drug-likeness (QED) is 0.190. The lowest BCUT2D eigenvalue weighted by molar-refractivity contribution is -0.202. The molecule has 0 aliphatic carbocycles. The topological polar surface area (TPSA) is 88.1 Å². The fraction of sp³-hybridized carbons (Fsp3) is 0.250. The standard InChI is InChI=1S/C28H26F2O7/c1-4-34-27(33)37-28(2,3)36-26(32)17-35-22-10-5-7-18(13-22)14-25(31)23-16-20(11-12-24(23)30)19-8-6-9-21(29)15-19/h5-13,15-16H,4,14,17H2,1-3H3. The van der Waals surface area contributed by atoms with Crippen molar-refractivity contribution in [1.29, 1.82) is 0 Å². The molecule has 0 saturated heterocycles. The van der Waals surface area contributed by atoms with E-state index in [9.17, 15) is 23.2 Å². The maximum absolute atomic E-state index is 14.5. The second-order valence-electron chi connectivity index (χ2n) is 8.40. The van der Waals surface area contributed by atoms with Gasteiger partial charge in [-0.2, -0.15) is 0 Å². The van der Waals surface area contributed by atoms with Crippen LogP contribution in [-0.2, 0) is 25.4 Å². The first-order valence-electron chi connectivity index (χ1n) is 11.4. The smallest absolute Gasteiger partial charge is 0.482 e. The number of hydrogen-bond acceptors (Lipinski definition) is 7. The van der Waals surface area contributed by atoms with Gasteiger partial charge in [-0.15, -0.1) is 0 Å². The molecule has 0 amide bonds. The van der Waals surface area contributed by atoms with Crippen LogP contribution in [0.3, 0.4) is 0 Å². The van der Waals surface area contributed by atoms with E-state index >= 15 is 0 Å². The molecule has 0 bridgehead atoms. The average molecular weight is 513 g/mol. The largest absolute Gasteiger partial charge is 0.511 e. The number of ketones is 1. The summed E-state index contributed by atoms with van der Waals surface area (Å²) in [5.41, 5.74) is 1.43. The van der Waals surface area contributed by atoms with E-state index in [0.717, 1.165) is 0 Å². The SMILES string of the molecule is CCOC(=O)OC(C)(C)OC(=O)COc1cccc(CC(=O)c2cc(-c3cccc(F)c3)ccc2F)c1. The number of rotatable bonds is 10. The Labute approximate surface area is 212 Å². The zero-order valence-electron chi connectivity index (χ0n) is 20.6. The van der Waals surface area contributed by atoms with Gasteiger partial charge in [-0.25, -0.2) is 18.4 Å². The molecule has 3 rings (SSSR count). The molecule has 3 aromatic carbocycles. The van der Waals surface area contributed by atoms with Crippen LogP contribution in [0, 0.1) is 11.6 Å². The molecule has 194 valence electrons. The van der Waals surface area contributed by atoms with Gasteiger partial charge in [0.25, 0.3) is 5.79 Å². The Morgan fingerprint density at radius 1 is 0.865 bits per heavy atom. The maximum Gasteiger partial charge on any atom is 0.511 e. The van der Waals surface area contributed by atoms with Crippen molar-refractivity contribution in [1.82, 2.24) is 0 Å². The molecule has 0 aliphatic heterocycles. The lowest BCUT2D eigenvalue weighted by atomic mass is 9.97. The Morgan fingerprint density at radius 3 is 2.32 bits per heavy atom. The van der Waals surface area contributed by atoms with Gasteiger partial charge in [0.1, 0.15) is 17.4 Å². The number of esters is 1. The van der Waals surface area contributed by atoms with Crippen molar-refractivity contribution in [3.63, 3.8) is 0 Å². The third-order valence-electron chi connectivity index (χ3n) is 5.00. The molecule has 0 atom stereocenters. The van der Waals surface area contributed by atoms with Crippen LogP contribution >= 0.6 is 0 Å². The molecule has 0 fully saturated rings. The van der Waals surface area contributed by atoms with E-state index in [1.54, 1.807) is 37.3 Å². The number of halogens is 2. The van der Waals surface area contributed by atoms with E-state index in [1.165, 1.54) is 50.2 Å². The fourth-order valence-corrected chi connectivity index (χ4v) is 3.43. The van der Waals surface area contributed by atoms with Crippen molar-refractivity contribution in [2.45, 2.75) is 33.0 Å². The predicted octanol–water partition coefficient (Wildman–Crippen LogP) is 5.89. The van der Waals surface area contributed by atoms with Crippen LogP contribution in [0.2, 0.25) is 0 Å². The van der Waals surface area contributed by atoms with E-state index in [1.807, 2.05) is 0 Å². The molecule has 0 saturated carbocycles. The van der Waals surface area contributed by atoms with Crippen molar-refractivity contribution < 1.29 is 42.1 Å². The third-order valence-corrected chi connectivity index (χ3v) is 5.00. The lowest BCUT2D eigenvalue weighted by Crippen LogP contribution is -2.35.